The molecule has 0 saturated carbocycles. The van der Waals surface area contributed by atoms with Crippen LogP contribution in [0.4, 0.5) is 17.1 Å². The van der Waals surface area contributed by atoms with Crippen molar-refractivity contribution >= 4 is 28.8 Å². The van der Waals surface area contributed by atoms with Crippen LogP contribution in [0.2, 0.25) is 0 Å². The Morgan fingerprint density at radius 3 is 1.67 bits per heavy atom. The molecule has 1 nitrogen and oxygen atoms in total. The second-order valence-electron chi connectivity index (χ2n) is 14.6. The van der Waals surface area contributed by atoms with Gasteiger partial charge in [-0.3, -0.25) is 0 Å². The summed E-state index contributed by atoms with van der Waals surface area (Å²) >= 11 is 1.82. The zero-order chi connectivity index (χ0) is 36.6. The van der Waals surface area contributed by atoms with Crippen LogP contribution >= 0.6 is 11.8 Å². The molecular weight excluding hydrogens is 671 g/mol. The minimum absolute atomic E-state index is 0.178. The quantitative estimate of drug-likeness (QED) is 0.154. The van der Waals surface area contributed by atoms with Crippen molar-refractivity contribution in [2.75, 3.05) is 4.90 Å². The number of rotatable bonds is 8. The molecule has 0 radical (unpaired) electrons. The van der Waals surface area contributed by atoms with Gasteiger partial charge in [0, 0.05) is 32.1 Å². The summed E-state index contributed by atoms with van der Waals surface area (Å²) in [5.41, 5.74) is 17.2. The molecule has 54 heavy (non-hydrogen) atoms. The predicted octanol–water partition coefficient (Wildman–Crippen LogP) is 14.9. The van der Waals surface area contributed by atoms with E-state index in [1.807, 2.05) is 11.8 Å². The minimum Gasteiger partial charge on any atom is -0.310 e. The van der Waals surface area contributed by atoms with Gasteiger partial charge in [-0.15, -0.1) is 0 Å². The molecule has 0 fully saturated rings. The maximum absolute atomic E-state index is 2.47. The molecule has 1 aliphatic rings. The smallest absolute Gasteiger partial charge is 0.0543 e. The van der Waals surface area contributed by atoms with E-state index in [2.05, 4.69) is 220 Å². The van der Waals surface area contributed by atoms with Gasteiger partial charge in [-0.2, -0.15) is 0 Å². The van der Waals surface area contributed by atoms with Crippen LogP contribution in [0.3, 0.4) is 0 Å². The van der Waals surface area contributed by atoms with Crippen LogP contribution in [0.5, 0.6) is 0 Å². The van der Waals surface area contributed by atoms with E-state index in [1.165, 1.54) is 71.0 Å². The van der Waals surface area contributed by atoms with Crippen LogP contribution in [0, 0.1) is 6.92 Å². The van der Waals surface area contributed by atoms with Gasteiger partial charge in [-0.05, 0) is 117 Å². The van der Waals surface area contributed by atoms with Crippen LogP contribution in [0.25, 0.3) is 44.5 Å². The highest BCUT2D eigenvalue weighted by Crippen LogP contribution is 2.53. The Bertz CT molecular complexity index is 2590. The molecule has 9 rings (SSSR count). The first-order chi connectivity index (χ1) is 26.5. The molecule has 0 bridgehead atoms. The van der Waals surface area contributed by atoms with E-state index < -0.39 is 0 Å². The zero-order valence-electron chi connectivity index (χ0n) is 30.8. The molecule has 0 N–H and O–H groups in total. The van der Waals surface area contributed by atoms with Crippen LogP contribution in [0.15, 0.2) is 204 Å². The number of nitrogens with zero attached hydrogens (tertiary/aromatic N) is 1. The average molecular weight is 712 g/mol. The van der Waals surface area contributed by atoms with Crippen molar-refractivity contribution in [1.82, 2.24) is 0 Å². The van der Waals surface area contributed by atoms with Gasteiger partial charge in [0.05, 0.1) is 5.69 Å². The largest absolute Gasteiger partial charge is 0.310 e. The summed E-state index contributed by atoms with van der Waals surface area (Å²) in [5.74, 6) is 0. The number of anilines is 3. The Hall–Kier alpha value is -6.09. The molecule has 1 aliphatic carbocycles. The molecule has 8 aromatic carbocycles. The molecule has 0 amide bonds. The van der Waals surface area contributed by atoms with Crippen LogP contribution < -0.4 is 4.90 Å². The molecular formula is C52H41NS. The Balaban J connectivity index is 1.21. The van der Waals surface area contributed by atoms with Crippen LogP contribution in [-0.2, 0) is 5.41 Å². The Kier molecular flexibility index (Phi) is 8.77. The molecule has 8 aromatic rings. The first kappa shape index (κ1) is 33.7. The summed E-state index contributed by atoms with van der Waals surface area (Å²) in [6, 6.07) is 70.8. The number of fused-ring (bicyclic) bond motifs is 3. The lowest BCUT2D eigenvalue weighted by atomic mass is 9.81. The first-order valence-electron chi connectivity index (χ1n) is 18.7. The van der Waals surface area contributed by atoms with E-state index in [4.69, 9.17) is 0 Å². The van der Waals surface area contributed by atoms with Gasteiger partial charge in [0.25, 0.3) is 0 Å². The molecule has 0 saturated heterocycles. The van der Waals surface area contributed by atoms with Gasteiger partial charge in [0.2, 0.25) is 0 Å². The van der Waals surface area contributed by atoms with E-state index in [-0.39, 0.29) is 5.41 Å². The monoisotopic (exact) mass is 711 g/mol. The molecule has 0 heterocycles. The lowest BCUT2D eigenvalue weighted by molar-refractivity contribution is 0.660. The summed E-state index contributed by atoms with van der Waals surface area (Å²) in [5, 5.41) is 0. The second kappa shape index (κ2) is 14.0. The summed E-state index contributed by atoms with van der Waals surface area (Å²) in [4.78, 5) is 4.93. The zero-order valence-corrected chi connectivity index (χ0v) is 31.6. The van der Waals surface area contributed by atoms with Gasteiger partial charge >= 0.3 is 0 Å². The van der Waals surface area contributed by atoms with Gasteiger partial charge in [0.15, 0.2) is 0 Å². The first-order valence-corrected chi connectivity index (χ1v) is 19.5. The molecule has 0 aliphatic heterocycles. The van der Waals surface area contributed by atoms with E-state index in [9.17, 15) is 0 Å². The third kappa shape index (κ3) is 6.13. The number of hydrogen-bond acceptors (Lipinski definition) is 2. The Labute approximate surface area is 323 Å². The fourth-order valence-corrected chi connectivity index (χ4v) is 9.08. The average Bonchev–Trinajstić information content (AvgIpc) is 3.44. The molecule has 2 heteroatoms. The van der Waals surface area contributed by atoms with E-state index in [0.717, 1.165) is 17.1 Å². The van der Waals surface area contributed by atoms with Crippen molar-refractivity contribution < 1.29 is 0 Å². The van der Waals surface area contributed by atoms with Crippen molar-refractivity contribution in [3.05, 3.63) is 211 Å². The maximum atomic E-state index is 2.47. The molecule has 0 aromatic heterocycles. The second-order valence-corrected chi connectivity index (χ2v) is 15.7. The van der Waals surface area contributed by atoms with Crippen molar-refractivity contribution in [2.45, 2.75) is 36.0 Å². The lowest BCUT2D eigenvalue weighted by Crippen LogP contribution is -2.17. The highest BCUT2D eigenvalue weighted by molar-refractivity contribution is 7.99. The third-order valence-electron chi connectivity index (χ3n) is 10.9. The standard InChI is InChI=1S/C52H41NS/c1-36-16-15-24-49(51(36)46-23-13-14-25-50(46)54-43-21-11-6-12-22-43)53(41-29-26-39(27-30-41)37-17-7-4-8-18-37)42-31-33-45-44-32-28-40(38-19-9-5-10-20-38)34-47(44)52(2,3)48(45)35-42/h4-35H,1-3H3. The Morgan fingerprint density at radius 2 is 0.963 bits per heavy atom. The molecule has 0 atom stereocenters. The van der Waals surface area contributed by atoms with Crippen molar-refractivity contribution in [1.29, 1.82) is 0 Å². The van der Waals surface area contributed by atoms with Crippen molar-refractivity contribution in [3.63, 3.8) is 0 Å². The summed E-state index contributed by atoms with van der Waals surface area (Å²) in [7, 11) is 0. The van der Waals surface area contributed by atoms with Crippen LogP contribution in [-0.4, -0.2) is 0 Å². The van der Waals surface area contributed by atoms with Crippen LogP contribution in [0.1, 0.15) is 30.5 Å². The number of aryl methyl sites for hydroxylation is 1. The van der Waals surface area contributed by atoms with Crippen molar-refractivity contribution in [3.8, 4) is 44.5 Å². The van der Waals surface area contributed by atoms with Crippen molar-refractivity contribution in [2.24, 2.45) is 0 Å². The third-order valence-corrected chi connectivity index (χ3v) is 12.0. The summed E-state index contributed by atoms with van der Waals surface area (Å²) in [6.07, 6.45) is 0. The highest BCUT2D eigenvalue weighted by Gasteiger charge is 2.36. The maximum Gasteiger partial charge on any atom is 0.0543 e. The molecule has 0 unspecified atom stereocenters. The minimum atomic E-state index is -0.178. The Morgan fingerprint density at radius 1 is 0.426 bits per heavy atom. The number of hydrogen-bond donors (Lipinski definition) is 0. The van der Waals surface area contributed by atoms with E-state index in [0.29, 0.717) is 0 Å². The fourth-order valence-electron chi connectivity index (χ4n) is 8.10. The van der Waals surface area contributed by atoms with Gasteiger partial charge in [-0.1, -0.05) is 165 Å². The number of benzene rings is 8. The topological polar surface area (TPSA) is 3.24 Å². The normalized spacial score (nSPS) is 12.6. The molecule has 0 spiro atoms. The summed E-state index contributed by atoms with van der Waals surface area (Å²) in [6.45, 7) is 7.00. The fraction of sp³-hybridized carbons (Fsp3) is 0.0769. The predicted molar refractivity (Wildman–Crippen MR) is 230 cm³/mol. The molecule has 260 valence electrons. The SMILES string of the molecule is Cc1cccc(N(c2ccc(-c3ccccc3)cc2)c2ccc3c(c2)C(C)(C)c2cc(-c4ccccc4)ccc2-3)c1-c1ccccc1Sc1ccccc1. The van der Waals surface area contributed by atoms with E-state index >= 15 is 0 Å². The summed E-state index contributed by atoms with van der Waals surface area (Å²) < 4.78 is 0. The highest BCUT2D eigenvalue weighted by atomic mass is 32.2. The van der Waals surface area contributed by atoms with Gasteiger partial charge < -0.3 is 4.90 Å². The van der Waals surface area contributed by atoms with Gasteiger partial charge in [-0.25, -0.2) is 0 Å². The van der Waals surface area contributed by atoms with Gasteiger partial charge in [0.1, 0.15) is 0 Å². The van der Waals surface area contributed by atoms with E-state index in [1.54, 1.807) is 0 Å². The lowest BCUT2D eigenvalue weighted by Gasteiger charge is -2.31.